The molecule has 0 radical (unpaired) electrons. The molecule has 318 valence electrons. The number of ether oxygens (including phenoxy) is 2. The first-order valence-electron chi connectivity index (χ1n) is 20.9. The molecule has 0 aromatic rings. The van der Waals surface area contributed by atoms with E-state index in [0.717, 1.165) is 57.3 Å². The first kappa shape index (κ1) is 52.6. The molecule has 55 heavy (non-hydrogen) atoms. The topological polar surface area (TPSA) is 166 Å². The zero-order valence-electron chi connectivity index (χ0n) is 34.3. The van der Waals surface area contributed by atoms with Crippen molar-refractivity contribution >= 4 is 25.5 Å². The number of aliphatic hydroxyl groups is 2. The quantitative estimate of drug-likeness (QED) is 0.0136. The lowest BCUT2D eigenvalue weighted by molar-refractivity contribution is -0.161. The van der Waals surface area contributed by atoms with E-state index in [0.29, 0.717) is 25.7 Å². The summed E-state index contributed by atoms with van der Waals surface area (Å²) in [5, 5.41) is 18.3. The van der Waals surface area contributed by atoms with Gasteiger partial charge in [-0.15, -0.1) is 0 Å². The summed E-state index contributed by atoms with van der Waals surface area (Å²) in [6.07, 6.45) is 33.6. The number of rotatable bonds is 38. The highest BCUT2D eigenvalue weighted by Gasteiger charge is 2.27. The Morgan fingerprint density at radius 3 is 1.85 bits per heavy atom. The van der Waals surface area contributed by atoms with Crippen LogP contribution in [-0.4, -0.2) is 71.5 Å². The predicted molar refractivity (Wildman–Crippen MR) is 219 cm³/mol. The fraction of sp³-hybridized carbons (Fsp3) is 0.744. The molecule has 11 nitrogen and oxygen atoms in total. The number of esters is 2. The molecule has 0 heterocycles. The van der Waals surface area contributed by atoms with Crippen LogP contribution in [0.25, 0.3) is 0 Å². The van der Waals surface area contributed by atoms with Gasteiger partial charge in [0, 0.05) is 19.3 Å². The molecule has 1 unspecified atom stereocenters. The van der Waals surface area contributed by atoms with Gasteiger partial charge in [0.2, 0.25) is 0 Å². The van der Waals surface area contributed by atoms with Gasteiger partial charge >= 0.3 is 19.8 Å². The molecule has 0 bridgehead atoms. The van der Waals surface area contributed by atoms with Crippen molar-refractivity contribution in [2.24, 2.45) is 5.92 Å². The van der Waals surface area contributed by atoms with Crippen LogP contribution < -0.4 is 0 Å². The Morgan fingerprint density at radius 1 is 0.655 bits per heavy atom. The Morgan fingerprint density at radius 2 is 1.22 bits per heavy atom. The Labute approximate surface area is 332 Å². The number of allylic oxidation sites excluding steroid dienone is 8. The third-order valence-electron chi connectivity index (χ3n) is 8.64. The van der Waals surface area contributed by atoms with Crippen molar-refractivity contribution < 1.29 is 52.6 Å². The minimum Gasteiger partial charge on any atom is -0.462 e. The molecular formula is C43H75O11P. The number of carbonyl (C=O) groups excluding carboxylic acids is 3. The molecule has 3 atom stereocenters. The average Bonchev–Trinajstić information content (AvgIpc) is 3.15. The Kier molecular flexibility index (Phi) is 35.6. The highest BCUT2D eigenvalue weighted by atomic mass is 31.2. The fourth-order valence-corrected chi connectivity index (χ4v) is 6.15. The lowest BCUT2D eigenvalue weighted by atomic mass is 10.0. The molecule has 0 aromatic heterocycles. The van der Waals surface area contributed by atoms with Crippen LogP contribution in [0.4, 0.5) is 0 Å². The van der Waals surface area contributed by atoms with Gasteiger partial charge in [0.25, 0.3) is 0 Å². The zero-order valence-corrected chi connectivity index (χ0v) is 35.2. The van der Waals surface area contributed by atoms with Crippen molar-refractivity contribution in [1.29, 1.82) is 0 Å². The molecule has 0 saturated heterocycles. The normalized spacial score (nSPS) is 14.4. The third-order valence-corrected chi connectivity index (χ3v) is 9.59. The number of ketones is 1. The van der Waals surface area contributed by atoms with Crippen molar-refractivity contribution in [3.63, 3.8) is 0 Å². The second-order valence-electron chi connectivity index (χ2n) is 14.5. The SMILES string of the molecule is CCCCCC(=O)/C=C/C=C\C/C=C\C/C=C\CCCC(=O)OC[C@H](COP(=O)(O)OC[C@@H](O)CO)OC(=O)CCCCCCCCCCCCCC(C)C. The number of aliphatic hydroxyl groups excluding tert-OH is 2. The van der Waals surface area contributed by atoms with Crippen LogP contribution in [0, 0.1) is 5.92 Å². The van der Waals surface area contributed by atoms with Crippen molar-refractivity contribution in [3.8, 4) is 0 Å². The number of hydrogen-bond donors (Lipinski definition) is 3. The highest BCUT2D eigenvalue weighted by molar-refractivity contribution is 7.47. The van der Waals surface area contributed by atoms with E-state index in [-0.39, 0.29) is 25.2 Å². The van der Waals surface area contributed by atoms with E-state index in [9.17, 15) is 28.9 Å². The molecule has 0 aliphatic rings. The summed E-state index contributed by atoms with van der Waals surface area (Å²) in [7, 11) is -4.64. The monoisotopic (exact) mass is 799 g/mol. The first-order chi connectivity index (χ1) is 26.5. The second-order valence-corrected chi connectivity index (χ2v) is 16.0. The van der Waals surface area contributed by atoms with E-state index in [2.05, 4.69) is 25.3 Å². The number of carbonyl (C=O) groups is 3. The fourth-order valence-electron chi connectivity index (χ4n) is 5.36. The van der Waals surface area contributed by atoms with Crippen molar-refractivity contribution in [2.45, 2.75) is 174 Å². The average molecular weight is 799 g/mol. The summed E-state index contributed by atoms with van der Waals surface area (Å²) in [6, 6.07) is 0. The van der Waals surface area contributed by atoms with Crippen LogP contribution in [0.5, 0.6) is 0 Å². The lowest BCUT2D eigenvalue weighted by Gasteiger charge is -2.20. The van der Waals surface area contributed by atoms with Gasteiger partial charge in [-0.3, -0.25) is 23.4 Å². The molecule has 0 rings (SSSR count). The van der Waals surface area contributed by atoms with Crippen molar-refractivity contribution in [3.05, 3.63) is 48.6 Å². The maximum atomic E-state index is 12.6. The number of hydrogen-bond acceptors (Lipinski definition) is 10. The Balaban J connectivity index is 4.45. The molecule has 0 amide bonds. The minimum absolute atomic E-state index is 0.139. The van der Waals surface area contributed by atoms with E-state index in [4.69, 9.17) is 19.1 Å². The van der Waals surface area contributed by atoms with Crippen LogP contribution in [0.15, 0.2) is 48.6 Å². The Hall–Kier alpha value is -2.40. The van der Waals surface area contributed by atoms with Crippen LogP contribution in [0.1, 0.15) is 162 Å². The molecule has 0 aliphatic heterocycles. The summed E-state index contributed by atoms with van der Waals surface area (Å²) >= 11 is 0. The molecular weight excluding hydrogens is 723 g/mol. The molecule has 0 aliphatic carbocycles. The van der Waals surface area contributed by atoms with Crippen LogP contribution >= 0.6 is 7.82 Å². The van der Waals surface area contributed by atoms with Crippen LogP contribution in [-0.2, 0) is 37.5 Å². The molecule has 0 aromatic carbocycles. The predicted octanol–water partition coefficient (Wildman–Crippen LogP) is 9.98. The standard InChI is InChI=1S/C43H75O11P/c1-4-5-24-30-39(45)31-26-21-17-13-9-7-10-14-18-22-27-32-42(47)51-36-41(37-53-55(49,50)52-35-40(46)34-44)54-43(48)33-28-23-19-15-11-6-8-12-16-20-25-29-38(2)3/h7,9,14,17-18,21,26,31,38,40-41,44,46H,4-6,8,10-13,15-16,19-20,22-25,27-30,32-37H2,1-3H3,(H,49,50)/b9-7-,18-14-,21-17-,31-26+/t40-,41+/m0/s1. The maximum Gasteiger partial charge on any atom is 0.472 e. The van der Waals surface area contributed by atoms with Gasteiger partial charge < -0.3 is 24.6 Å². The smallest absolute Gasteiger partial charge is 0.462 e. The van der Waals surface area contributed by atoms with Gasteiger partial charge in [0.15, 0.2) is 11.9 Å². The van der Waals surface area contributed by atoms with Gasteiger partial charge in [0.05, 0.1) is 19.8 Å². The molecule has 0 fully saturated rings. The molecule has 0 saturated carbocycles. The van der Waals surface area contributed by atoms with E-state index in [1.165, 1.54) is 51.4 Å². The van der Waals surface area contributed by atoms with Gasteiger partial charge in [0.1, 0.15) is 12.7 Å². The van der Waals surface area contributed by atoms with Gasteiger partial charge in [-0.05, 0) is 50.5 Å². The van der Waals surface area contributed by atoms with E-state index >= 15 is 0 Å². The number of phosphoric acid groups is 1. The molecule has 12 heteroatoms. The van der Waals surface area contributed by atoms with E-state index in [1.807, 2.05) is 36.5 Å². The van der Waals surface area contributed by atoms with Crippen molar-refractivity contribution in [1.82, 2.24) is 0 Å². The third kappa shape index (κ3) is 38.3. The first-order valence-corrected chi connectivity index (χ1v) is 22.4. The second kappa shape index (κ2) is 37.2. The van der Waals surface area contributed by atoms with Crippen LogP contribution in [0.3, 0.4) is 0 Å². The van der Waals surface area contributed by atoms with Gasteiger partial charge in [-0.2, -0.15) is 0 Å². The largest absolute Gasteiger partial charge is 0.472 e. The highest BCUT2D eigenvalue weighted by Crippen LogP contribution is 2.43. The summed E-state index contributed by atoms with van der Waals surface area (Å²) in [5.74, 6) is -0.0787. The number of unbranched alkanes of at least 4 members (excludes halogenated alkanes) is 13. The maximum absolute atomic E-state index is 12.6. The van der Waals surface area contributed by atoms with E-state index < -0.39 is 51.8 Å². The van der Waals surface area contributed by atoms with Crippen LogP contribution in [0.2, 0.25) is 0 Å². The summed E-state index contributed by atoms with van der Waals surface area (Å²) in [4.78, 5) is 46.6. The molecule has 3 N–H and O–H groups in total. The molecule has 0 spiro atoms. The van der Waals surface area contributed by atoms with Crippen molar-refractivity contribution in [2.75, 3.05) is 26.4 Å². The Bertz CT molecular complexity index is 1130. The lowest BCUT2D eigenvalue weighted by Crippen LogP contribution is -2.29. The van der Waals surface area contributed by atoms with Gasteiger partial charge in [-0.25, -0.2) is 4.57 Å². The summed E-state index contributed by atoms with van der Waals surface area (Å²) < 4.78 is 32.6. The summed E-state index contributed by atoms with van der Waals surface area (Å²) in [6.45, 7) is 4.43. The van der Waals surface area contributed by atoms with E-state index in [1.54, 1.807) is 12.2 Å². The number of phosphoric ester groups is 1. The summed E-state index contributed by atoms with van der Waals surface area (Å²) in [5.41, 5.74) is 0. The minimum atomic E-state index is -4.64. The zero-order chi connectivity index (χ0) is 40.8. The van der Waals surface area contributed by atoms with Gasteiger partial charge in [-0.1, -0.05) is 147 Å².